The summed E-state index contributed by atoms with van der Waals surface area (Å²) >= 11 is 5.81. The highest BCUT2D eigenvalue weighted by Crippen LogP contribution is 2.26. The molecule has 0 amide bonds. The summed E-state index contributed by atoms with van der Waals surface area (Å²) in [5.74, 6) is -1.27. The highest BCUT2D eigenvalue weighted by Gasteiger charge is 2.06. The molecular weight excluding hydrogens is 220 g/mol. The number of hydrogen-bond acceptors (Lipinski definition) is 1. The van der Waals surface area contributed by atoms with E-state index in [2.05, 4.69) is 4.98 Å². The fraction of sp³-hybridized carbons (Fsp3) is 0. The maximum atomic E-state index is 12.9. The van der Waals surface area contributed by atoms with E-state index in [1.54, 1.807) is 12.1 Å². The Morgan fingerprint density at radius 1 is 1.07 bits per heavy atom. The third-order valence-electron chi connectivity index (χ3n) is 1.93. The van der Waals surface area contributed by atoms with Crippen LogP contribution in [0.2, 0.25) is 5.15 Å². The second kappa shape index (κ2) is 3.95. The van der Waals surface area contributed by atoms with Gasteiger partial charge >= 0.3 is 0 Å². The van der Waals surface area contributed by atoms with Gasteiger partial charge in [0.15, 0.2) is 0 Å². The Morgan fingerprint density at radius 3 is 2.33 bits per heavy atom. The lowest BCUT2D eigenvalue weighted by molar-refractivity contribution is 0.584. The highest BCUT2D eigenvalue weighted by molar-refractivity contribution is 6.32. The molecule has 0 saturated heterocycles. The average molecular weight is 226 g/mol. The molecule has 0 N–H and O–H groups in total. The van der Waals surface area contributed by atoms with Crippen LogP contribution >= 0.6 is 11.6 Å². The summed E-state index contributed by atoms with van der Waals surface area (Å²) in [4.78, 5) is 3.84. The molecular formula is C11H6ClF2N. The first-order chi connectivity index (χ1) is 7.16. The molecule has 0 atom stereocenters. The minimum Gasteiger partial charge on any atom is -0.244 e. The summed E-state index contributed by atoms with van der Waals surface area (Å²) in [6.45, 7) is 0. The molecule has 2 aromatic rings. The van der Waals surface area contributed by atoms with Crippen LogP contribution in [0.15, 0.2) is 36.5 Å². The topological polar surface area (TPSA) is 12.9 Å². The Bertz CT molecular complexity index is 479. The van der Waals surface area contributed by atoms with E-state index < -0.39 is 11.6 Å². The number of pyridine rings is 1. The van der Waals surface area contributed by atoms with Gasteiger partial charge in [0.1, 0.15) is 16.8 Å². The van der Waals surface area contributed by atoms with Gasteiger partial charge in [-0.1, -0.05) is 11.6 Å². The largest absolute Gasteiger partial charge is 0.244 e. The standard InChI is InChI=1S/C11H6ClF2N/c12-11-10(2-1-3-15-11)7-4-8(13)6-9(14)5-7/h1-6H. The molecule has 1 aromatic heterocycles. The van der Waals surface area contributed by atoms with Crippen molar-refractivity contribution in [2.75, 3.05) is 0 Å². The third-order valence-corrected chi connectivity index (χ3v) is 2.23. The van der Waals surface area contributed by atoms with Crippen LogP contribution in [0.4, 0.5) is 8.78 Å². The molecule has 76 valence electrons. The fourth-order valence-electron chi connectivity index (χ4n) is 1.31. The normalized spacial score (nSPS) is 10.3. The quantitative estimate of drug-likeness (QED) is 0.675. The van der Waals surface area contributed by atoms with Crippen LogP contribution in [0.3, 0.4) is 0 Å². The summed E-state index contributed by atoms with van der Waals surface area (Å²) in [7, 11) is 0. The van der Waals surface area contributed by atoms with Crippen molar-refractivity contribution in [3.63, 3.8) is 0 Å². The van der Waals surface area contributed by atoms with Crippen molar-refractivity contribution >= 4 is 11.6 Å². The molecule has 2 rings (SSSR count). The smallest absolute Gasteiger partial charge is 0.136 e. The minimum absolute atomic E-state index is 0.225. The van der Waals surface area contributed by atoms with Crippen LogP contribution in [0.1, 0.15) is 0 Å². The lowest BCUT2D eigenvalue weighted by Crippen LogP contribution is -1.86. The van der Waals surface area contributed by atoms with Crippen molar-refractivity contribution in [3.05, 3.63) is 53.3 Å². The monoisotopic (exact) mass is 225 g/mol. The zero-order valence-corrected chi connectivity index (χ0v) is 8.30. The molecule has 1 aromatic carbocycles. The molecule has 0 aliphatic rings. The van der Waals surface area contributed by atoms with Crippen molar-refractivity contribution in [1.82, 2.24) is 4.98 Å². The predicted molar refractivity (Wildman–Crippen MR) is 54.6 cm³/mol. The Balaban J connectivity index is 2.59. The van der Waals surface area contributed by atoms with E-state index in [-0.39, 0.29) is 5.15 Å². The van der Waals surface area contributed by atoms with Gasteiger partial charge in [-0.05, 0) is 29.8 Å². The van der Waals surface area contributed by atoms with Crippen LogP contribution in [0.25, 0.3) is 11.1 Å². The molecule has 0 aliphatic heterocycles. The Kier molecular flexibility index (Phi) is 2.64. The zero-order valence-electron chi connectivity index (χ0n) is 7.55. The predicted octanol–water partition coefficient (Wildman–Crippen LogP) is 3.68. The first-order valence-corrected chi connectivity index (χ1v) is 4.61. The molecule has 0 fully saturated rings. The maximum Gasteiger partial charge on any atom is 0.136 e. The van der Waals surface area contributed by atoms with Gasteiger partial charge in [-0.2, -0.15) is 0 Å². The van der Waals surface area contributed by atoms with Crippen LogP contribution in [0.5, 0.6) is 0 Å². The van der Waals surface area contributed by atoms with E-state index in [1.807, 2.05) is 0 Å². The van der Waals surface area contributed by atoms with Gasteiger partial charge in [0.25, 0.3) is 0 Å². The van der Waals surface area contributed by atoms with E-state index in [4.69, 9.17) is 11.6 Å². The molecule has 0 radical (unpaired) electrons. The molecule has 1 nitrogen and oxygen atoms in total. The van der Waals surface area contributed by atoms with Gasteiger partial charge < -0.3 is 0 Å². The number of halogens is 3. The zero-order chi connectivity index (χ0) is 10.8. The van der Waals surface area contributed by atoms with Gasteiger partial charge in [0.05, 0.1) is 0 Å². The molecule has 0 bridgehead atoms. The first-order valence-electron chi connectivity index (χ1n) is 4.24. The molecule has 4 heteroatoms. The van der Waals surface area contributed by atoms with Gasteiger partial charge in [-0.25, -0.2) is 13.8 Å². The summed E-state index contributed by atoms with van der Waals surface area (Å²) in [6, 6.07) is 6.55. The van der Waals surface area contributed by atoms with Crippen LogP contribution in [-0.2, 0) is 0 Å². The number of benzene rings is 1. The maximum absolute atomic E-state index is 12.9. The van der Waals surface area contributed by atoms with E-state index in [9.17, 15) is 8.78 Å². The van der Waals surface area contributed by atoms with Crippen molar-refractivity contribution in [3.8, 4) is 11.1 Å². The van der Waals surface area contributed by atoms with Crippen LogP contribution in [0, 0.1) is 11.6 Å². The molecule has 0 saturated carbocycles. The number of rotatable bonds is 1. The molecule has 0 aliphatic carbocycles. The fourth-order valence-corrected chi connectivity index (χ4v) is 1.54. The van der Waals surface area contributed by atoms with E-state index in [0.717, 1.165) is 6.07 Å². The second-order valence-corrected chi connectivity index (χ2v) is 3.36. The lowest BCUT2D eigenvalue weighted by atomic mass is 10.1. The van der Waals surface area contributed by atoms with Gasteiger partial charge in [-0.3, -0.25) is 0 Å². The number of aromatic nitrogens is 1. The summed E-state index contributed by atoms with van der Waals surface area (Å²) in [6.07, 6.45) is 1.52. The van der Waals surface area contributed by atoms with Gasteiger partial charge in [-0.15, -0.1) is 0 Å². The van der Waals surface area contributed by atoms with Crippen molar-refractivity contribution in [2.45, 2.75) is 0 Å². The minimum atomic E-state index is -0.634. The van der Waals surface area contributed by atoms with Crippen molar-refractivity contribution in [1.29, 1.82) is 0 Å². The van der Waals surface area contributed by atoms with Crippen LogP contribution in [-0.4, -0.2) is 4.98 Å². The van der Waals surface area contributed by atoms with E-state index in [1.165, 1.54) is 18.3 Å². The molecule has 0 spiro atoms. The summed E-state index contributed by atoms with van der Waals surface area (Å²) in [5, 5.41) is 0.225. The average Bonchev–Trinajstić information content (AvgIpc) is 2.16. The molecule has 0 unspecified atom stereocenters. The third kappa shape index (κ3) is 2.13. The van der Waals surface area contributed by atoms with E-state index >= 15 is 0 Å². The Labute approximate surface area is 90.3 Å². The molecule has 1 heterocycles. The SMILES string of the molecule is Fc1cc(F)cc(-c2cccnc2Cl)c1. The second-order valence-electron chi connectivity index (χ2n) is 3.00. The molecule has 15 heavy (non-hydrogen) atoms. The van der Waals surface area contributed by atoms with Gasteiger partial charge in [0, 0.05) is 17.8 Å². The lowest BCUT2D eigenvalue weighted by Gasteiger charge is -2.03. The van der Waals surface area contributed by atoms with Crippen molar-refractivity contribution < 1.29 is 8.78 Å². The first kappa shape index (κ1) is 10.1. The van der Waals surface area contributed by atoms with Gasteiger partial charge in [0.2, 0.25) is 0 Å². The summed E-state index contributed by atoms with van der Waals surface area (Å²) in [5.41, 5.74) is 0.892. The Morgan fingerprint density at radius 2 is 1.73 bits per heavy atom. The van der Waals surface area contributed by atoms with Crippen molar-refractivity contribution in [2.24, 2.45) is 0 Å². The number of nitrogens with zero attached hydrogens (tertiary/aromatic N) is 1. The number of hydrogen-bond donors (Lipinski definition) is 0. The highest BCUT2D eigenvalue weighted by atomic mass is 35.5. The van der Waals surface area contributed by atoms with Crippen LogP contribution < -0.4 is 0 Å². The van der Waals surface area contributed by atoms with E-state index in [0.29, 0.717) is 11.1 Å². The summed E-state index contributed by atoms with van der Waals surface area (Å²) < 4.78 is 25.9. The Hall–Kier alpha value is -1.48.